The molecule has 8 nitrogen and oxygen atoms in total. The zero-order chi connectivity index (χ0) is 30.6. The lowest BCUT2D eigenvalue weighted by Gasteiger charge is -2.60. The van der Waals surface area contributed by atoms with Crippen LogP contribution in [0.1, 0.15) is 91.9 Å². The summed E-state index contributed by atoms with van der Waals surface area (Å²) in [7, 11) is 0. The van der Waals surface area contributed by atoms with E-state index in [1.807, 2.05) is 4.90 Å². The largest absolute Gasteiger partial charge is 0.353 e. The predicted octanol–water partition coefficient (Wildman–Crippen LogP) is 4.16. The number of Topliss-reactive ketones (excluding diaryl/α,β-unsaturated/α-hetero) is 1. The third kappa shape index (κ3) is 4.35. The number of carbonyl (C=O) groups excluding carboxylic acids is 3. The van der Waals surface area contributed by atoms with Gasteiger partial charge in [0.05, 0.1) is 12.7 Å². The van der Waals surface area contributed by atoms with Crippen molar-refractivity contribution in [1.29, 1.82) is 0 Å². The molecule has 4 heterocycles. The summed E-state index contributed by atoms with van der Waals surface area (Å²) in [6.07, 6.45) is 9.20. The minimum atomic E-state index is -0.491. The third-order valence-electron chi connectivity index (χ3n) is 15.2. The molecule has 8 aliphatic rings. The van der Waals surface area contributed by atoms with Crippen molar-refractivity contribution in [2.24, 2.45) is 64.1 Å². The molecule has 2 amide bonds. The molecule has 0 radical (unpaired) electrons. The maximum Gasteiger partial charge on any atom is 0.232 e. The van der Waals surface area contributed by atoms with Crippen molar-refractivity contribution >= 4 is 17.6 Å². The molecule has 1 spiro atoms. The fourth-order valence-corrected chi connectivity index (χ4v) is 12.7. The van der Waals surface area contributed by atoms with Gasteiger partial charge in [-0.05, 0) is 91.8 Å². The van der Waals surface area contributed by atoms with Crippen molar-refractivity contribution in [2.45, 2.75) is 110 Å². The Morgan fingerprint density at radius 2 is 1.77 bits per heavy atom. The maximum atomic E-state index is 14.4. The molecule has 4 saturated carbocycles. The van der Waals surface area contributed by atoms with Gasteiger partial charge >= 0.3 is 0 Å². The van der Waals surface area contributed by atoms with Crippen LogP contribution in [0.25, 0.3) is 0 Å². The lowest BCUT2D eigenvalue weighted by atomic mass is 9.44. The maximum absolute atomic E-state index is 14.4. The van der Waals surface area contributed by atoms with E-state index in [1.54, 1.807) is 0 Å². The second kappa shape index (κ2) is 10.5. The van der Waals surface area contributed by atoms with Crippen molar-refractivity contribution in [3.05, 3.63) is 0 Å². The van der Waals surface area contributed by atoms with E-state index in [1.165, 1.54) is 12.8 Å². The SMILES string of the molecule is C[C@@H]1CC[C@@]2(OC1)O[C@H]1C[C@H]3[C@@H]4CC[C@H]5CC(NC(=O)CC(=O)N6CC7CNCC7C6)CC[C@]5(C)[C@H]4CC(=O)[C@]3(C)[C@H]1[C@@H]2C. The Hall–Kier alpha value is -1.51. The number of amides is 2. The number of likely N-dealkylation sites (tertiary alicyclic amines) is 1. The van der Waals surface area contributed by atoms with Crippen LogP contribution in [0.15, 0.2) is 0 Å². The highest BCUT2D eigenvalue weighted by atomic mass is 16.7. The first-order valence-electron chi connectivity index (χ1n) is 18.1. The zero-order valence-electron chi connectivity index (χ0n) is 27.4. The topological polar surface area (TPSA) is 97.0 Å². The van der Waals surface area contributed by atoms with Crippen molar-refractivity contribution < 1.29 is 23.9 Å². The smallest absolute Gasteiger partial charge is 0.232 e. The van der Waals surface area contributed by atoms with Gasteiger partial charge in [0.15, 0.2) is 5.79 Å². The molecule has 0 aromatic carbocycles. The second-order valence-electron chi connectivity index (χ2n) is 17.2. The van der Waals surface area contributed by atoms with Gasteiger partial charge in [0, 0.05) is 62.3 Å². The number of ether oxygens (including phenoxy) is 2. The van der Waals surface area contributed by atoms with Gasteiger partial charge in [-0.3, -0.25) is 14.4 Å². The van der Waals surface area contributed by atoms with E-state index in [2.05, 4.69) is 38.3 Å². The van der Waals surface area contributed by atoms with E-state index in [-0.39, 0.29) is 53.0 Å². The molecule has 0 bridgehead atoms. The number of nitrogens with zero attached hydrogens (tertiary/aromatic N) is 1. The number of ketones is 1. The minimum Gasteiger partial charge on any atom is -0.353 e. The first kappa shape index (κ1) is 29.9. The standard InChI is InChI=1S/C36H55N3O5/c1-20-7-10-36(43-19-20)21(2)33-29(44-36)12-28-26-6-5-24-11-25(8-9-34(24,3)27(26)13-30(40)35(28,33)4)38-31(41)14-32(42)39-17-22-15-37-16-23(22)18-39/h20-29,33,37H,5-19H2,1-4H3,(H,38,41)/t20-,21+,22?,23?,24+,25?,26-,27+,28+,29+,33+,34+,35-,36-/m1/s1. The average Bonchev–Trinajstić information content (AvgIpc) is 3.72. The molecule has 14 atom stereocenters. The van der Waals surface area contributed by atoms with E-state index < -0.39 is 5.79 Å². The van der Waals surface area contributed by atoms with E-state index >= 15 is 0 Å². The highest BCUT2D eigenvalue weighted by Crippen LogP contribution is 2.70. The summed E-state index contributed by atoms with van der Waals surface area (Å²) in [5.74, 6) is 3.92. The molecular formula is C36H55N3O5. The Morgan fingerprint density at radius 3 is 2.50 bits per heavy atom. The number of carbonyl (C=O) groups is 3. The highest BCUT2D eigenvalue weighted by molar-refractivity contribution is 5.97. The van der Waals surface area contributed by atoms with Crippen LogP contribution in [-0.2, 0) is 23.9 Å². The van der Waals surface area contributed by atoms with E-state index in [9.17, 15) is 14.4 Å². The summed E-state index contributed by atoms with van der Waals surface area (Å²) in [6.45, 7) is 13.6. The molecule has 8 rings (SSSR count). The number of hydrogen-bond donors (Lipinski definition) is 2. The van der Waals surface area contributed by atoms with Gasteiger partial charge in [-0.1, -0.05) is 27.7 Å². The summed E-state index contributed by atoms with van der Waals surface area (Å²) in [5.41, 5.74) is -0.182. The minimum absolute atomic E-state index is 0.0167. The Bertz CT molecular complexity index is 1190. The fraction of sp³-hybridized carbons (Fsp3) is 0.917. The Labute approximate surface area is 263 Å². The molecule has 8 heteroatoms. The van der Waals surface area contributed by atoms with Crippen molar-refractivity contribution in [2.75, 3.05) is 32.8 Å². The van der Waals surface area contributed by atoms with Gasteiger partial charge in [-0.15, -0.1) is 0 Å². The molecule has 8 fully saturated rings. The Morgan fingerprint density at radius 1 is 1.00 bits per heavy atom. The molecular weight excluding hydrogens is 554 g/mol. The van der Waals surface area contributed by atoms with Gasteiger partial charge in [-0.25, -0.2) is 0 Å². The summed E-state index contributed by atoms with van der Waals surface area (Å²) in [6, 6.07) is 0.131. The average molecular weight is 610 g/mol. The van der Waals surface area contributed by atoms with Crippen molar-refractivity contribution in [1.82, 2.24) is 15.5 Å². The molecule has 44 heavy (non-hydrogen) atoms. The van der Waals surface area contributed by atoms with E-state index in [0.29, 0.717) is 53.6 Å². The molecule has 2 N–H and O–H groups in total. The number of fused-ring (bicyclic) bond motifs is 8. The van der Waals surface area contributed by atoms with Crippen LogP contribution < -0.4 is 10.6 Å². The molecule has 0 aromatic heterocycles. The number of hydrogen-bond acceptors (Lipinski definition) is 6. The van der Waals surface area contributed by atoms with Crippen LogP contribution in [0.3, 0.4) is 0 Å². The number of nitrogens with one attached hydrogen (secondary N) is 2. The lowest BCUT2D eigenvalue weighted by Crippen LogP contribution is -2.59. The van der Waals surface area contributed by atoms with Gasteiger partial charge in [0.25, 0.3) is 0 Å². The van der Waals surface area contributed by atoms with E-state index in [4.69, 9.17) is 9.47 Å². The van der Waals surface area contributed by atoms with Crippen molar-refractivity contribution in [3.8, 4) is 0 Å². The third-order valence-corrected chi connectivity index (χ3v) is 15.2. The lowest BCUT2D eigenvalue weighted by molar-refractivity contribution is -0.272. The molecule has 3 unspecified atom stereocenters. The van der Waals surface area contributed by atoms with Gasteiger partial charge in [-0.2, -0.15) is 0 Å². The first-order valence-corrected chi connectivity index (χ1v) is 18.1. The number of rotatable bonds is 3. The van der Waals surface area contributed by atoms with Crippen LogP contribution in [0, 0.1) is 64.1 Å². The van der Waals surface area contributed by atoms with E-state index in [0.717, 1.165) is 71.3 Å². The van der Waals surface area contributed by atoms with Crippen LogP contribution in [-0.4, -0.2) is 73.2 Å². The highest BCUT2D eigenvalue weighted by Gasteiger charge is 2.71. The summed E-state index contributed by atoms with van der Waals surface area (Å²) >= 11 is 0. The second-order valence-corrected chi connectivity index (χ2v) is 17.2. The molecule has 4 saturated heterocycles. The molecule has 4 aliphatic heterocycles. The van der Waals surface area contributed by atoms with Crippen LogP contribution in [0.5, 0.6) is 0 Å². The predicted molar refractivity (Wildman–Crippen MR) is 165 cm³/mol. The zero-order valence-corrected chi connectivity index (χ0v) is 27.4. The normalized spacial score (nSPS) is 52.7. The molecule has 0 aromatic rings. The van der Waals surface area contributed by atoms with Crippen LogP contribution >= 0.6 is 0 Å². The monoisotopic (exact) mass is 609 g/mol. The summed E-state index contributed by atoms with van der Waals surface area (Å²) in [5, 5.41) is 6.68. The molecule has 4 aliphatic carbocycles. The summed E-state index contributed by atoms with van der Waals surface area (Å²) < 4.78 is 13.3. The van der Waals surface area contributed by atoms with Gasteiger partial charge in [0.2, 0.25) is 11.8 Å². The fourth-order valence-electron chi connectivity index (χ4n) is 12.7. The first-order chi connectivity index (χ1) is 21.0. The quantitative estimate of drug-likeness (QED) is 0.467. The Balaban J connectivity index is 0.910. The van der Waals surface area contributed by atoms with Crippen LogP contribution in [0.4, 0.5) is 0 Å². The van der Waals surface area contributed by atoms with Crippen LogP contribution in [0.2, 0.25) is 0 Å². The Kier molecular flexibility index (Phi) is 7.13. The van der Waals surface area contributed by atoms with Crippen molar-refractivity contribution in [3.63, 3.8) is 0 Å². The van der Waals surface area contributed by atoms with Gasteiger partial charge < -0.3 is 25.0 Å². The summed E-state index contributed by atoms with van der Waals surface area (Å²) in [4.78, 5) is 42.2. The van der Waals surface area contributed by atoms with Gasteiger partial charge in [0.1, 0.15) is 12.2 Å². The molecule has 244 valence electrons.